The second-order valence-corrected chi connectivity index (χ2v) is 4.96. The first-order valence-corrected chi connectivity index (χ1v) is 7.20. The molecule has 2 aromatic rings. The Hall–Kier alpha value is -1.33. The Morgan fingerprint density at radius 3 is 2.67 bits per heavy atom. The Balaban J connectivity index is 2.18. The molecule has 0 saturated carbocycles. The number of hydrogen-bond acceptors (Lipinski definition) is 5. The van der Waals surface area contributed by atoms with Crippen molar-refractivity contribution in [3.63, 3.8) is 0 Å². The molecule has 1 aromatic carbocycles. The molecule has 1 heterocycles. The third-order valence-electron chi connectivity index (χ3n) is 2.71. The van der Waals surface area contributed by atoms with Gasteiger partial charge in [-0.2, -0.15) is 4.98 Å². The van der Waals surface area contributed by atoms with Crippen LogP contribution in [0.15, 0.2) is 33.7 Å². The number of nitrogens with zero attached hydrogens (tertiary/aromatic N) is 2. The van der Waals surface area contributed by atoms with Gasteiger partial charge in [0.25, 0.3) is 0 Å². The summed E-state index contributed by atoms with van der Waals surface area (Å²) in [5.74, 6) is 1.12. The van der Waals surface area contributed by atoms with Crippen LogP contribution < -0.4 is 5.73 Å². The third kappa shape index (κ3) is 2.91. The highest BCUT2D eigenvalue weighted by molar-refractivity contribution is 7.98. The van der Waals surface area contributed by atoms with E-state index in [0.29, 0.717) is 11.7 Å². The molecule has 96 valence electrons. The first kappa shape index (κ1) is 13.1. The summed E-state index contributed by atoms with van der Waals surface area (Å²) in [7, 11) is 0. The van der Waals surface area contributed by atoms with Crippen LogP contribution in [0.2, 0.25) is 0 Å². The molecule has 0 fully saturated rings. The molecule has 0 radical (unpaired) electrons. The zero-order valence-electron chi connectivity index (χ0n) is 10.6. The van der Waals surface area contributed by atoms with Crippen molar-refractivity contribution in [2.24, 2.45) is 5.73 Å². The normalized spacial score (nSPS) is 12.6. The summed E-state index contributed by atoms with van der Waals surface area (Å²) < 4.78 is 5.20. The van der Waals surface area contributed by atoms with E-state index in [4.69, 9.17) is 10.3 Å². The smallest absolute Gasteiger partial charge is 0.243 e. The van der Waals surface area contributed by atoms with Crippen LogP contribution in [0.1, 0.15) is 31.7 Å². The van der Waals surface area contributed by atoms with Gasteiger partial charge in [-0.1, -0.05) is 18.5 Å². The summed E-state index contributed by atoms with van der Waals surface area (Å²) in [5, 5.41) is 3.97. The average molecular weight is 263 g/mol. The number of benzene rings is 1. The molecule has 4 nitrogen and oxygen atoms in total. The van der Waals surface area contributed by atoms with Crippen LogP contribution in [0.4, 0.5) is 0 Å². The zero-order valence-corrected chi connectivity index (χ0v) is 11.4. The number of nitrogens with two attached hydrogens (primary N) is 1. The van der Waals surface area contributed by atoms with Crippen LogP contribution in [0.3, 0.4) is 0 Å². The van der Waals surface area contributed by atoms with Gasteiger partial charge < -0.3 is 10.3 Å². The lowest BCUT2D eigenvalue weighted by molar-refractivity contribution is 0.348. The minimum atomic E-state index is -0.165. The van der Waals surface area contributed by atoms with Crippen LogP contribution in [0.25, 0.3) is 11.4 Å². The van der Waals surface area contributed by atoms with Gasteiger partial charge in [0, 0.05) is 10.5 Å². The lowest BCUT2D eigenvalue weighted by atomic mass is 10.2. The van der Waals surface area contributed by atoms with Crippen LogP contribution >= 0.6 is 11.8 Å². The monoisotopic (exact) mass is 263 g/mol. The molecule has 1 atom stereocenters. The fourth-order valence-corrected chi connectivity index (χ4v) is 2.09. The number of thioether (sulfide) groups is 1. The van der Waals surface area contributed by atoms with E-state index in [2.05, 4.69) is 17.1 Å². The molecule has 18 heavy (non-hydrogen) atoms. The summed E-state index contributed by atoms with van der Waals surface area (Å²) >= 11 is 1.71. The minimum absolute atomic E-state index is 0.165. The quantitative estimate of drug-likeness (QED) is 0.839. The summed E-state index contributed by atoms with van der Waals surface area (Å²) in [5.41, 5.74) is 6.89. The number of rotatable bonds is 5. The van der Waals surface area contributed by atoms with Gasteiger partial charge in [0.05, 0.1) is 6.04 Å². The minimum Gasteiger partial charge on any atom is -0.337 e. The van der Waals surface area contributed by atoms with Gasteiger partial charge in [0.1, 0.15) is 0 Å². The van der Waals surface area contributed by atoms with E-state index in [9.17, 15) is 0 Å². The lowest BCUT2D eigenvalue weighted by Crippen LogP contribution is -2.09. The summed E-state index contributed by atoms with van der Waals surface area (Å²) in [6.45, 7) is 2.08. The van der Waals surface area contributed by atoms with Gasteiger partial charge in [-0.3, -0.25) is 0 Å². The maximum absolute atomic E-state index is 5.94. The summed E-state index contributed by atoms with van der Waals surface area (Å²) in [6.07, 6.45) is 3.90. The Morgan fingerprint density at radius 2 is 2.06 bits per heavy atom. The molecule has 0 aliphatic heterocycles. The molecule has 5 heteroatoms. The summed E-state index contributed by atoms with van der Waals surface area (Å²) in [6, 6.07) is 7.91. The fraction of sp³-hybridized carbons (Fsp3) is 0.385. The fourth-order valence-electron chi connectivity index (χ4n) is 1.68. The highest BCUT2D eigenvalue weighted by atomic mass is 32.2. The van der Waals surface area contributed by atoms with Crippen molar-refractivity contribution in [1.82, 2.24) is 10.1 Å². The van der Waals surface area contributed by atoms with E-state index in [1.807, 2.05) is 30.5 Å². The molecule has 0 spiro atoms. The van der Waals surface area contributed by atoms with E-state index in [-0.39, 0.29) is 6.04 Å². The summed E-state index contributed by atoms with van der Waals surface area (Å²) in [4.78, 5) is 5.56. The standard InChI is InChI=1S/C13H17N3OS/c1-3-4-11(14)13-15-12(16-17-13)9-5-7-10(18-2)8-6-9/h5-8,11H,3-4,14H2,1-2H3. The van der Waals surface area contributed by atoms with Gasteiger partial charge in [-0.05, 0) is 36.9 Å². The molecule has 0 saturated heterocycles. The molecule has 0 bridgehead atoms. The van der Waals surface area contributed by atoms with Gasteiger partial charge in [-0.15, -0.1) is 11.8 Å². The van der Waals surface area contributed by atoms with Gasteiger partial charge in [-0.25, -0.2) is 0 Å². The highest BCUT2D eigenvalue weighted by Crippen LogP contribution is 2.22. The second kappa shape index (κ2) is 6.02. The molecule has 2 N–H and O–H groups in total. The maximum atomic E-state index is 5.94. The Kier molecular flexibility index (Phi) is 4.38. The first-order chi connectivity index (χ1) is 8.74. The van der Waals surface area contributed by atoms with Crippen LogP contribution in [-0.2, 0) is 0 Å². The predicted molar refractivity (Wildman–Crippen MR) is 73.4 cm³/mol. The molecule has 1 unspecified atom stereocenters. The lowest BCUT2D eigenvalue weighted by Gasteiger charge is -2.02. The van der Waals surface area contributed by atoms with Crippen molar-refractivity contribution in [3.05, 3.63) is 30.2 Å². The van der Waals surface area contributed by atoms with Crippen molar-refractivity contribution in [1.29, 1.82) is 0 Å². The van der Waals surface area contributed by atoms with Crippen molar-refractivity contribution in [2.45, 2.75) is 30.7 Å². The SMILES string of the molecule is CCCC(N)c1nc(-c2ccc(SC)cc2)no1. The molecular weight excluding hydrogens is 246 g/mol. The topological polar surface area (TPSA) is 64.9 Å². The van der Waals surface area contributed by atoms with Crippen molar-refractivity contribution < 1.29 is 4.52 Å². The van der Waals surface area contributed by atoms with E-state index in [1.54, 1.807) is 11.8 Å². The second-order valence-electron chi connectivity index (χ2n) is 4.08. The Morgan fingerprint density at radius 1 is 1.33 bits per heavy atom. The van der Waals surface area contributed by atoms with E-state index >= 15 is 0 Å². The maximum Gasteiger partial charge on any atom is 0.243 e. The molecule has 1 aromatic heterocycles. The number of hydrogen-bond donors (Lipinski definition) is 1. The van der Waals surface area contributed by atoms with Crippen molar-refractivity contribution >= 4 is 11.8 Å². The highest BCUT2D eigenvalue weighted by Gasteiger charge is 2.14. The van der Waals surface area contributed by atoms with Crippen molar-refractivity contribution in [3.8, 4) is 11.4 Å². The van der Waals surface area contributed by atoms with Gasteiger partial charge >= 0.3 is 0 Å². The molecular formula is C13H17N3OS. The molecule has 0 aliphatic rings. The Labute approximate surface area is 111 Å². The van der Waals surface area contributed by atoms with E-state index < -0.39 is 0 Å². The average Bonchev–Trinajstić information content (AvgIpc) is 2.89. The van der Waals surface area contributed by atoms with Gasteiger partial charge in [0.15, 0.2) is 0 Å². The van der Waals surface area contributed by atoms with Crippen LogP contribution in [-0.4, -0.2) is 16.4 Å². The van der Waals surface area contributed by atoms with Gasteiger partial charge in [0.2, 0.25) is 11.7 Å². The predicted octanol–water partition coefficient (Wildman–Crippen LogP) is 3.26. The zero-order chi connectivity index (χ0) is 13.0. The largest absolute Gasteiger partial charge is 0.337 e. The first-order valence-electron chi connectivity index (χ1n) is 5.98. The van der Waals surface area contributed by atoms with Crippen LogP contribution in [0, 0.1) is 0 Å². The van der Waals surface area contributed by atoms with Crippen LogP contribution in [0.5, 0.6) is 0 Å². The number of aromatic nitrogens is 2. The van der Waals surface area contributed by atoms with Crippen molar-refractivity contribution in [2.75, 3.05) is 6.26 Å². The Bertz CT molecular complexity index is 495. The molecule has 0 aliphatic carbocycles. The van der Waals surface area contributed by atoms with E-state index in [1.165, 1.54) is 4.90 Å². The molecule has 2 rings (SSSR count). The third-order valence-corrected chi connectivity index (χ3v) is 3.45. The van der Waals surface area contributed by atoms with E-state index in [0.717, 1.165) is 18.4 Å². The molecule has 0 amide bonds.